The molecule has 0 unspecified atom stereocenters. The van der Waals surface area contributed by atoms with Crippen LogP contribution in [0.1, 0.15) is 50.0 Å². The number of hydrogen-bond acceptors (Lipinski definition) is 2. The van der Waals surface area contributed by atoms with Crippen LogP contribution in [0.15, 0.2) is 30.3 Å². The number of piperidine rings is 2. The van der Waals surface area contributed by atoms with Gasteiger partial charge in [-0.05, 0) is 62.6 Å². The van der Waals surface area contributed by atoms with E-state index in [1.807, 2.05) is 0 Å². The first-order valence-electron chi connectivity index (χ1n) is 8.86. The molecule has 1 aromatic carbocycles. The van der Waals surface area contributed by atoms with Crippen LogP contribution in [0.4, 0.5) is 0 Å². The standard InChI is InChI=1S/C19H28N2O/c22-19(7-6-16-8-12-20-13-9-16)21-14-10-18(11-15-21)17-4-2-1-3-5-17/h1-5,16,18,20H,6-15H2. The first-order valence-corrected chi connectivity index (χ1v) is 8.86. The molecule has 0 bridgehead atoms. The average Bonchev–Trinajstić information content (AvgIpc) is 2.61. The highest BCUT2D eigenvalue weighted by atomic mass is 16.2. The number of nitrogens with zero attached hydrogens (tertiary/aromatic N) is 1. The van der Waals surface area contributed by atoms with Gasteiger partial charge in [-0.3, -0.25) is 4.79 Å². The van der Waals surface area contributed by atoms with Crippen molar-refractivity contribution in [1.29, 1.82) is 0 Å². The summed E-state index contributed by atoms with van der Waals surface area (Å²) in [6.45, 7) is 4.12. The molecular formula is C19H28N2O. The first kappa shape index (κ1) is 15.5. The van der Waals surface area contributed by atoms with Crippen molar-refractivity contribution in [3.8, 4) is 0 Å². The third kappa shape index (κ3) is 4.10. The number of benzene rings is 1. The van der Waals surface area contributed by atoms with Crippen LogP contribution in [-0.4, -0.2) is 37.0 Å². The number of nitrogens with one attached hydrogen (secondary N) is 1. The summed E-state index contributed by atoms with van der Waals surface area (Å²) in [7, 11) is 0. The SMILES string of the molecule is O=C(CCC1CCNCC1)N1CCC(c2ccccc2)CC1. The molecule has 0 aliphatic carbocycles. The molecule has 1 amide bonds. The van der Waals surface area contributed by atoms with Crippen LogP contribution < -0.4 is 5.32 Å². The molecule has 2 saturated heterocycles. The molecule has 0 aromatic heterocycles. The predicted octanol–water partition coefficient (Wildman–Crippen LogP) is 3.17. The molecule has 2 aliphatic rings. The van der Waals surface area contributed by atoms with Gasteiger partial charge in [-0.2, -0.15) is 0 Å². The second-order valence-electron chi connectivity index (χ2n) is 6.80. The molecule has 0 spiro atoms. The van der Waals surface area contributed by atoms with E-state index in [0.29, 0.717) is 11.8 Å². The number of hydrogen-bond donors (Lipinski definition) is 1. The Labute approximate surface area is 134 Å². The second-order valence-corrected chi connectivity index (χ2v) is 6.80. The molecule has 2 heterocycles. The highest BCUT2D eigenvalue weighted by molar-refractivity contribution is 5.76. The van der Waals surface area contributed by atoms with Crippen LogP contribution in [-0.2, 0) is 4.79 Å². The van der Waals surface area contributed by atoms with Crippen molar-refractivity contribution < 1.29 is 4.79 Å². The maximum absolute atomic E-state index is 12.4. The van der Waals surface area contributed by atoms with E-state index in [4.69, 9.17) is 0 Å². The number of rotatable bonds is 4. The van der Waals surface area contributed by atoms with Crippen LogP contribution >= 0.6 is 0 Å². The molecule has 2 fully saturated rings. The van der Waals surface area contributed by atoms with Gasteiger partial charge in [0.1, 0.15) is 0 Å². The topological polar surface area (TPSA) is 32.3 Å². The second kappa shape index (κ2) is 7.77. The molecule has 2 aliphatic heterocycles. The van der Waals surface area contributed by atoms with Gasteiger partial charge in [-0.15, -0.1) is 0 Å². The molecule has 1 aromatic rings. The van der Waals surface area contributed by atoms with E-state index in [1.54, 1.807) is 0 Å². The summed E-state index contributed by atoms with van der Waals surface area (Å²) in [4.78, 5) is 14.5. The lowest BCUT2D eigenvalue weighted by atomic mass is 9.89. The van der Waals surface area contributed by atoms with Crippen LogP contribution in [0.3, 0.4) is 0 Å². The summed E-state index contributed by atoms with van der Waals surface area (Å²) < 4.78 is 0. The normalized spacial score (nSPS) is 21.0. The van der Waals surface area contributed by atoms with Gasteiger partial charge in [0, 0.05) is 19.5 Å². The Bertz CT molecular complexity index is 460. The van der Waals surface area contributed by atoms with E-state index >= 15 is 0 Å². The van der Waals surface area contributed by atoms with Gasteiger partial charge >= 0.3 is 0 Å². The van der Waals surface area contributed by atoms with E-state index in [0.717, 1.165) is 57.8 Å². The maximum atomic E-state index is 12.4. The molecule has 3 heteroatoms. The Morgan fingerprint density at radius 2 is 1.73 bits per heavy atom. The number of carbonyl (C=O) groups is 1. The summed E-state index contributed by atoms with van der Waals surface area (Å²) in [5.74, 6) is 1.77. The quantitative estimate of drug-likeness (QED) is 0.926. The van der Waals surface area contributed by atoms with Crippen LogP contribution in [0, 0.1) is 5.92 Å². The van der Waals surface area contributed by atoms with Gasteiger partial charge in [0.05, 0.1) is 0 Å². The van der Waals surface area contributed by atoms with Crippen molar-refractivity contribution in [2.45, 2.75) is 44.4 Å². The van der Waals surface area contributed by atoms with Crippen molar-refractivity contribution in [3.63, 3.8) is 0 Å². The Morgan fingerprint density at radius 3 is 2.41 bits per heavy atom. The van der Waals surface area contributed by atoms with Crippen molar-refractivity contribution in [3.05, 3.63) is 35.9 Å². The molecule has 22 heavy (non-hydrogen) atoms. The van der Waals surface area contributed by atoms with Crippen LogP contribution in [0.5, 0.6) is 0 Å². The molecule has 1 N–H and O–H groups in total. The van der Waals surface area contributed by atoms with Gasteiger partial charge < -0.3 is 10.2 Å². The summed E-state index contributed by atoms with van der Waals surface area (Å²) >= 11 is 0. The Hall–Kier alpha value is -1.35. The monoisotopic (exact) mass is 300 g/mol. The number of carbonyl (C=O) groups excluding carboxylic acids is 1. The van der Waals surface area contributed by atoms with Crippen LogP contribution in [0.25, 0.3) is 0 Å². The summed E-state index contributed by atoms with van der Waals surface area (Å²) in [6, 6.07) is 10.7. The van der Waals surface area contributed by atoms with Crippen molar-refractivity contribution in [2.24, 2.45) is 5.92 Å². The zero-order valence-corrected chi connectivity index (χ0v) is 13.5. The fourth-order valence-corrected chi connectivity index (χ4v) is 3.84. The Morgan fingerprint density at radius 1 is 1.05 bits per heavy atom. The summed E-state index contributed by atoms with van der Waals surface area (Å²) in [6.07, 6.45) is 6.54. The van der Waals surface area contributed by atoms with Gasteiger partial charge in [0.15, 0.2) is 0 Å². The lowest BCUT2D eigenvalue weighted by Gasteiger charge is -2.33. The zero-order valence-electron chi connectivity index (χ0n) is 13.5. The minimum absolute atomic E-state index is 0.380. The van der Waals surface area contributed by atoms with Crippen LogP contribution in [0.2, 0.25) is 0 Å². The van der Waals surface area contributed by atoms with Crippen molar-refractivity contribution in [1.82, 2.24) is 10.2 Å². The van der Waals surface area contributed by atoms with Gasteiger partial charge in [-0.25, -0.2) is 0 Å². The lowest BCUT2D eigenvalue weighted by molar-refractivity contribution is -0.132. The Balaban J connectivity index is 1.41. The fraction of sp³-hybridized carbons (Fsp3) is 0.632. The third-order valence-electron chi connectivity index (χ3n) is 5.34. The molecule has 120 valence electrons. The Kier molecular flexibility index (Phi) is 5.49. The fourth-order valence-electron chi connectivity index (χ4n) is 3.84. The molecule has 0 atom stereocenters. The molecule has 3 rings (SSSR count). The number of amides is 1. The number of likely N-dealkylation sites (tertiary alicyclic amines) is 1. The van der Waals surface area contributed by atoms with Gasteiger partial charge in [0.2, 0.25) is 5.91 Å². The molecule has 0 saturated carbocycles. The van der Waals surface area contributed by atoms with E-state index in [1.165, 1.54) is 18.4 Å². The smallest absolute Gasteiger partial charge is 0.222 e. The highest BCUT2D eigenvalue weighted by Gasteiger charge is 2.24. The van der Waals surface area contributed by atoms with Gasteiger partial charge in [-0.1, -0.05) is 30.3 Å². The lowest BCUT2D eigenvalue weighted by Crippen LogP contribution is -2.38. The average molecular weight is 300 g/mol. The van der Waals surface area contributed by atoms with Gasteiger partial charge in [0.25, 0.3) is 0 Å². The molecule has 3 nitrogen and oxygen atoms in total. The molecule has 0 radical (unpaired) electrons. The third-order valence-corrected chi connectivity index (χ3v) is 5.34. The van der Waals surface area contributed by atoms with E-state index in [2.05, 4.69) is 40.5 Å². The van der Waals surface area contributed by atoms with E-state index in [9.17, 15) is 4.79 Å². The summed E-state index contributed by atoms with van der Waals surface area (Å²) in [5, 5.41) is 3.39. The minimum atomic E-state index is 0.380. The minimum Gasteiger partial charge on any atom is -0.343 e. The predicted molar refractivity (Wildman–Crippen MR) is 89.8 cm³/mol. The van der Waals surface area contributed by atoms with Crippen molar-refractivity contribution in [2.75, 3.05) is 26.2 Å². The van der Waals surface area contributed by atoms with E-state index < -0.39 is 0 Å². The summed E-state index contributed by atoms with van der Waals surface area (Å²) in [5.41, 5.74) is 1.43. The van der Waals surface area contributed by atoms with E-state index in [-0.39, 0.29) is 0 Å². The first-order chi connectivity index (χ1) is 10.8. The molecular weight excluding hydrogens is 272 g/mol. The largest absolute Gasteiger partial charge is 0.343 e. The highest BCUT2D eigenvalue weighted by Crippen LogP contribution is 2.28. The maximum Gasteiger partial charge on any atom is 0.222 e. The zero-order chi connectivity index (χ0) is 15.2. The van der Waals surface area contributed by atoms with Crippen molar-refractivity contribution >= 4 is 5.91 Å².